The number of piperazine rings is 1. The summed E-state index contributed by atoms with van der Waals surface area (Å²) in [6, 6.07) is 17.8. The van der Waals surface area contributed by atoms with Crippen LogP contribution in [0.5, 0.6) is 0 Å². The van der Waals surface area contributed by atoms with Gasteiger partial charge in [-0.25, -0.2) is 5.14 Å². The number of carbonyl (C=O) groups is 1. The first kappa shape index (κ1) is 28.2. The second-order valence-electron chi connectivity index (χ2n) is 10.8. The van der Waals surface area contributed by atoms with E-state index in [0.29, 0.717) is 26.2 Å². The Morgan fingerprint density at radius 3 is 2.35 bits per heavy atom. The van der Waals surface area contributed by atoms with E-state index in [9.17, 15) is 13.2 Å². The lowest BCUT2D eigenvalue weighted by molar-refractivity contribution is -0.121. The summed E-state index contributed by atoms with van der Waals surface area (Å²) >= 11 is 0. The first-order valence-electron chi connectivity index (χ1n) is 14.0. The Morgan fingerprint density at radius 2 is 1.68 bits per heavy atom. The van der Waals surface area contributed by atoms with Crippen molar-refractivity contribution >= 4 is 27.5 Å². The predicted molar refractivity (Wildman–Crippen MR) is 158 cm³/mol. The minimum atomic E-state index is -3.68. The van der Waals surface area contributed by atoms with Crippen LogP contribution in [0, 0.1) is 13.8 Å². The van der Waals surface area contributed by atoms with Crippen LogP contribution in [0.15, 0.2) is 59.0 Å². The zero-order valence-electron chi connectivity index (χ0n) is 23.3. The Labute approximate surface area is 237 Å². The van der Waals surface area contributed by atoms with Crippen LogP contribution in [0.2, 0.25) is 0 Å². The normalized spacial score (nSPS) is 17.6. The Morgan fingerprint density at radius 1 is 0.925 bits per heavy atom. The van der Waals surface area contributed by atoms with E-state index in [4.69, 9.17) is 9.56 Å². The molecule has 3 heterocycles. The Balaban J connectivity index is 1.34. The predicted octanol–water partition coefficient (Wildman–Crippen LogP) is 3.66. The number of hydrogen-bond acceptors (Lipinski definition) is 6. The van der Waals surface area contributed by atoms with E-state index in [2.05, 4.69) is 40.2 Å². The fourth-order valence-corrected chi connectivity index (χ4v) is 6.35. The SMILES string of the molecule is Cc1ccc(C(NC(=O)Cc2cccc(N3CCN(S(N)(=O)=O)CC3)c2)c2ccc(C)o2)c(N2CCCCC2)c1. The molecule has 2 aliphatic heterocycles. The van der Waals surface area contributed by atoms with Crippen molar-refractivity contribution in [2.24, 2.45) is 5.14 Å². The summed E-state index contributed by atoms with van der Waals surface area (Å²) in [5.74, 6) is 1.42. The summed E-state index contributed by atoms with van der Waals surface area (Å²) in [7, 11) is -3.68. The minimum Gasteiger partial charge on any atom is -0.464 e. The molecular weight excluding hydrogens is 526 g/mol. The van der Waals surface area contributed by atoms with E-state index in [1.165, 1.54) is 16.3 Å². The van der Waals surface area contributed by atoms with Crippen LogP contribution in [-0.2, 0) is 21.4 Å². The molecule has 0 radical (unpaired) electrons. The van der Waals surface area contributed by atoms with Gasteiger partial charge in [-0.15, -0.1) is 0 Å². The maximum Gasteiger partial charge on any atom is 0.277 e. The number of furan rings is 1. The highest BCUT2D eigenvalue weighted by molar-refractivity contribution is 7.86. The Bertz CT molecular complexity index is 1440. The second kappa shape index (κ2) is 12.0. The number of hydrogen-bond donors (Lipinski definition) is 2. The highest BCUT2D eigenvalue weighted by Gasteiger charge is 2.27. The maximum atomic E-state index is 13.5. The van der Waals surface area contributed by atoms with Crippen LogP contribution in [0.4, 0.5) is 11.4 Å². The molecule has 2 aromatic carbocycles. The summed E-state index contributed by atoms with van der Waals surface area (Å²) in [5, 5.41) is 8.55. The molecule has 9 nitrogen and oxygen atoms in total. The highest BCUT2D eigenvalue weighted by Crippen LogP contribution is 2.34. The second-order valence-corrected chi connectivity index (χ2v) is 12.4. The van der Waals surface area contributed by atoms with E-state index < -0.39 is 16.3 Å². The third-order valence-corrected chi connectivity index (χ3v) is 8.87. The first-order valence-corrected chi connectivity index (χ1v) is 15.5. The molecule has 2 saturated heterocycles. The third-order valence-electron chi connectivity index (χ3n) is 7.78. The van der Waals surface area contributed by atoms with Crippen LogP contribution in [-0.4, -0.2) is 57.9 Å². The first-order chi connectivity index (χ1) is 19.2. The summed E-state index contributed by atoms with van der Waals surface area (Å²) < 4.78 is 30.7. The van der Waals surface area contributed by atoms with Gasteiger partial charge >= 0.3 is 0 Å². The zero-order valence-corrected chi connectivity index (χ0v) is 24.1. The average molecular weight is 566 g/mol. The highest BCUT2D eigenvalue weighted by atomic mass is 32.2. The number of nitrogens with zero attached hydrogens (tertiary/aromatic N) is 3. The number of amides is 1. The van der Waals surface area contributed by atoms with Crippen molar-refractivity contribution in [3.8, 4) is 0 Å². The monoisotopic (exact) mass is 565 g/mol. The standard InChI is InChI=1S/C30H39N5O4S/c1-22-9-11-26(27(19-22)34-13-4-3-5-14-34)30(28-12-10-23(2)39-28)32-29(36)21-24-7-6-8-25(20-24)33-15-17-35(18-16-33)40(31,37)38/h6-12,19-20,30H,3-5,13-18,21H2,1-2H3,(H,32,36)(H2,31,37,38). The summed E-state index contributed by atoms with van der Waals surface area (Å²) in [5.41, 5.74) is 5.23. The molecule has 3 N–H and O–H groups in total. The molecule has 1 unspecified atom stereocenters. The molecule has 0 bridgehead atoms. The van der Waals surface area contributed by atoms with Gasteiger partial charge in [0.15, 0.2) is 0 Å². The fraction of sp³-hybridized carbons (Fsp3) is 0.433. The van der Waals surface area contributed by atoms with Gasteiger partial charge in [0.25, 0.3) is 10.2 Å². The average Bonchev–Trinajstić information content (AvgIpc) is 3.38. The van der Waals surface area contributed by atoms with Gasteiger partial charge in [-0.1, -0.05) is 24.3 Å². The lowest BCUT2D eigenvalue weighted by Crippen LogP contribution is -2.50. The van der Waals surface area contributed by atoms with Gasteiger partial charge in [-0.05, 0) is 74.6 Å². The number of nitrogens with two attached hydrogens (primary N) is 1. The Hall–Kier alpha value is -3.34. The Kier molecular flexibility index (Phi) is 8.48. The zero-order chi connectivity index (χ0) is 28.3. The summed E-state index contributed by atoms with van der Waals surface area (Å²) in [6.45, 7) is 7.78. The van der Waals surface area contributed by atoms with E-state index in [-0.39, 0.29) is 12.3 Å². The van der Waals surface area contributed by atoms with Crippen molar-refractivity contribution in [1.82, 2.24) is 9.62 Å². The van der Waals surface area contributed by atoms with E-state index in [1.54, 1.807) is 0 Å². The molecule has 1 aromatic heterocycles. The van der Waals surface area contributed by atoms with Crippen molar-refractivity contribution in [3.63, 3.8) is 0 Å². The van der Waals surface area contributed by atoms with Crippen LogP contribution >= 0.6 is 0 Å². The van der Waals surface area contributed by atoms with Gasteiger partial charge in [0.05, 0.1) is 6.42 Å². The van der Waals surface area contributed by atoms with Crippen molar-refractivity contribution in [2.75, 3.05) is 49.1 Å². The molecule has 10 heteroatoms. The largest absolute Gasteiger partial charge is 0.464 e. The molecule has 2 aliphatic rings. The number of piperidine rings is 1. The van der Waals surface area contributed by atoms with Crippen molar-refractivity contribution in [2.45, 2.75) is 45.6 Å². The lowest BCUT2D eigenvalue weighted by atomic mass is 9.97. The maximum absolute atomic E-state index is 13.5. The molecule has 1 amide bonds. The van der Waals surface area contributed by atoms with Gasteiger partial charge in [0, 0.05) is 56.2 Å². The van der Waals surface area contributed by atoms with Gasteiger partial charge in [0.2, 0.25) is 5.91 Å². The van der Waals surface area contributed by atoms with Crippen LogP contribution in [0.1, 0.15) is 53.5 Å². The quantitative estimate of drug-likeness (QED) is 0.431. The molecule has 5 rings (SSSR count). The van der Waals surface area contributed by atoms with E-state index >= 15 is 0 Å². The summed E-state index contributed by atoms with van der Waals surface area (Å²) in [4.78, 5) is 18.1. The van der Waals surface area contributed by atoms with Crippen molar-refractivity contribution < 1.29 is 17.6 Å². The minimum absolute atomic E-state index is 0.0968. The fourth-order valence-electron chi connectivity index (χ4n) is 5.68. The van der Waals surface area contributed by atoms with Gasteiger partial charge < -0.3 is 19.5 Å². The van der Waals surface area contributed by atoms with Gasteiger partial charge in [0.1, 0.15) is 17.6 Å². The van der Waals surface area contributed by atoms with Crippen LogP contribution in [0.25, 0.3) is 0 Å². The third kappa shape index (κ3) is 6.68. The molecule has 214 valence electrons. The van der Waals surface area contributed by atoms with Crippen LogP contribution in [0.3, 0.4) is 0 Å². The van der Waals surface area contributed by atoms with Gasteiger partial charge in [-0.2, -0.15) is 12.7 Å². The molecular formula is C30H39N5O4S. The van der Waals surface area contributed by atoms with E-state index in [0.717, 1.165) is 60.0 Å². The molecule has 0 aliphatic carbocycles. The number of nitrogens with one attached hydrogen (secondary N) is 1. The number of benzene rings is 2. The molecule has 3 aromatic rings. The van der Waals surface area contributed by atoms with Crippen molar-refractivity contribution in [3.05, 3.63) is 82.8 Å². The van der Waals surface area contributed by atoms with Crippen molar-refractivity contribution in [1.29, 1.82) is 0 Å². The number of rotatable bonds is 8. The molecule has 0 spiro atoms. The smallest absolute Gasteiger partial charge is 0.277 e. The molecule has 2 fully saturated rings. The number of anilines is 2. The molecule has 40 heavy (non-hydrogen) atoms. The topological polar surface area (TPSA) is 112 Å². The van der Waals surface area contributed by atoms with Gasteiger partial charge in [-0.3, -0.25) is 4.79 Å². The number of carbonyl (C=O) groups excluding carboxylic acids is 1. The van der Waals surface area contributed by atoms with Crippen LogP contribution < -0.4 is 20.3 Å². The molecule has 0 saturated carbocycles. The van der Waals surface area contributed by atoms with E-state index in [1.807, 2.05) is 43.3 Å². The summed E-state index contributed by atoms with van der Waals surface area (Å²) in [6.07, 6.45) is 3.79. The lowest BCUT2D eigenvalue weighted by Gasteiger charge is -2.34. The number of aryl methyl sites for hydroxylation is 2. The molecule has 1 atom stereocenters.